The molecule has 4 aromatic rings. The number of ether oxygens (including phenoxy) is 2. The molecule has 8 heteroatoms. The molecule has 0 aliphatic rings. The zero-order chi connectivity index (χ0) is 25.7. The molecule has 4 aromatic carbocycles. The van der Waals surface area contributed by atoms with Crippen molar-refractivity contribution >= 4 is 32.4 Å². The number of carbonyl (C=O) groups is 1. The summed E-state index contributed by atoms with van der Waals surface area (Å²) in [7, 11) is -1.18. The summed E-state index contributed by atoms with van der Waals surface area (Å²) in [6, 6.07) is 25.3. The van der Waals surface area contributed by atoms with Gasteiger partial charge in [0.1, 0.15) is 6.54 Å². The average Bonchev–Trinajstić information content (AvgIpc) is 2.90. The molecule has 0 atom stereocenters. The van der Waals surface area contributed by atoms with Gasteiger partial charge in [-0.05, 0) is 53.6 Å². The second-order valence-electron chi connectivity index (χ2n) is 8.32. The van der Waals surface area contributed by atoms with Crippen LogP contribution in [0.5, 0.6) is 11.5 Å². The van der Waals surface area contributed by atoms with Crippen LogP contribution in [-0.4, -0.2) is 35.1 Å². The molecular weight excluding hydrogens is 476 g/mol. The van der Waals surface area contributed by atoms with Gasteiger partial charge in [0.25, 0.3) is 10.0 Å². The highest BCUT2D eigenvalue weighted by molar-refractivity contribution is 7.92. The Morgan fingerprint density at radius 1 is 0.833 bits per heavy atom. The fourth-order valence-electron chi connectivity index (χ4n) is 3.87. The van der Waals surface area contributed by atoms with Crippen molar-refractivity contribution in [3.05, 3.63) is 96.1 Å². The maximum absolute atomic E-state index is 13.7. The van der Waals surface area contributed by atoms with Gasteiger partial charge in [-0.1, -0.05) is 54.1 Å². The lowest BCUT2D eigenvalue weighted by atomic mass is 10.1. The Balaban J connectivity index is 1.59. The van der Waals surface area contributed by atoms with E-state index in [1.54, 1.807) is 24.3 Å². The van der Waals surface area contributed by atoms with Crippen LogP contribution in [0.1, 0.15) is 11.1 Å². The number of nitrogens with one attached hydrogen (secondary N) is 1. The third kappa shape index (κ3) is 5.44. The number of methoxy groups -OCH3 is 2. The van der Waals surface area contributed by atoms with Gasteiger partial charge in [-0.3, -0.25) is 9.10 Å². The minimum atomic E-state index is -4.09. The van der Waals surface area contributed by atoms with Gasteiger partial charge in [-0.25, -0.2) is 8.42 Å². The predicted molar refractivity (Wildman–Crippen MR) is 141 cm³/mol. The minimum Gasteiger partial charge on any atom is -0.493 e. The molecule has 0 aliphatic heterocycles. The topological polar surface area (TPSA) is 84.9 Å². The van der Waals surface area contributed by atoms with E-state index in [2.05, 4.69) is 5.32 Å². The summed E-state index contributed by atoms with van der Waals surface area (Å²) in [5, 5.41) is 5.03. The summed E-state index contributed by atoms with van der Waals surface area (Å²) in [5.41, 5.74) is 2.28. The zero-order valence-electron chi connectivity index (χ0n) is 20.4. The lowest BCUT2D eigenvalue weighted by molar-refractivity contribution is -0.119. The SMILES string of the molecule is COc1ccc(S(=O)(=O)N(CC(=O)NCc2ccc3ccccc3c2)c2ccc(C)cc2)cc1OC. The third-order valence-corrected chi connectivity index (χ3v) is 7.63. The monoisotopic (exact) mass is 504 g/mol. The number of hydrogen-bond donors (Lipinski definition) is 1. The van der Waals surface area contributed by atoms with E-state index in [0.717, 1.165) is 26.2 Å². The van der Waals surface area contributed by atoms with Crippen LogP contribution in [-0.2, 0) is 21.4 Å². The van der Waals surface area contributed by atoms with E-state index in [1.165, 1.54) is 32.4 Å². The molecule has 0 saturated carbocycles. The van der Waals surface area contributed by atoms with Gasteiger partial charge in [0.15, 0.2) is 11.5 Å². The number of anilines is 1. The van der Waals surface area contributed by atoms with Crippen molar-refractivity contribution in [3.63, 3.8) is 0 Å². The Labute approximate surface area is 211 Å². The maximum atomic E-state index is 13.7. The number of rotatable bonds is 9. The predicted octanol–water partition coefficient (Wildman–Crippen LogP) is 4.68. The van der Waals surface area contributed by atoms with Crippen LogP contribution >= 0.6 is 0 Å². The molecule has 1 amide bonds. The molecule has 0 unspecified atom stereocenters. The first-order valence-corrected chi connectivity index (χ1v) is 12.8. The molecule has 186 valence electrons. The second-order valence-corrected chi connectivity index (χ2v) is 10.2. The lowest BCUT2D eigenvalue weighted by Crippen LogP contribution is -2.40. The van der Waals surface area contributed by atoms with E-state index in [9.17, 15) is 13.2 Å². The molecule has 0 heterocycles. The lowest BCUT2D eigenvalue weighted by Gasteiger charge is -2.24. The molecule has 0 fully saturated rings. The van der Waals surface area contributed by atoms with E-state index >= 15 is 0 Å². The number of carbonyl (C=O) groups excluding carboxylic acids is 1. The van der Waals surface area contributed by atoms with E-state index in [4.69, 9.17) is 9.47 Å². The average molecular weight is 505 g/mol. The van der Waals surface area contributed by atoms with Crippen molar-refractivity contribution in [1.82, 2.24) is 5.32 Å². The highest BCUT2D eigenvalue weighted by Crippen LogP contribution is 2.32. The zero-order valence-corrected chi connectivity index (χ0v) is 21.2. The Morgan fingerprint density at radius 3 is 2.22 bits per heavy atom. The summed E-state index contributed by atoms with van der Waals surface area (Å²) >= 11 is 0. The molecule has 0 aliphatic carbocycles. The second kappa shape index (κ2) is 10.7. The van der Waals surface area contributed by atoms with E-state index in [-0.39, 0.29) is 23.7 Å². The molecule has 0 radical (unpaired) electrons. The van der Waals surface area contributed by atoms with Crippen molar-refractivity contribution in [1.29, 1.82) is 0 Å². The molecule has 0 saturated heterocycles. The van der Waals surface area contributed by atoms with Gasteiger partial charge in [0.05, 0.1) is 24.8 Å². The standard InChI is InChI=1S/C28H28N2O5S/c1-20-8-12-24(13-9-20)30(36(32,33)25-14-15-26(34-2)27(17-25)35-3)19-28(31)29-18-21-10-11-22-6-4-5-7-23(22)16-21/h4-17H,18-19H2,1-3H3,(H,29,31). The van der Waals surface area contributed by atoms with Crippen molar-refractivity contribution in [2.45, 2.75) is 18.4 Å². The molecule has 0 bridgehead atoms. The first-order valence-electron chi connectivity index (χ1n) is 11.4. The van der Waals surface area contributed by atoms with Crippen LogP contribution in [0.2, 0.25) is 0 Å². The van der Waals surface area contributed by atoms with Crippen LogP contribution in [0.25, 0.3) is 10.8 Å². The summed E-state index contributed by atoms with van der Waals surface area (Å²) < 4.78 is 39.0. The van der Waals surface area contributed by atoms with E-state index < -0.39 is 15.9 Å². The number of amides is 1. The van der Waals surface area contributed by atoms with Crippen molar-refractivity contribution in [2.75, 3.05) is 25.1 Å². The van der Waals surface area contributed by atoms with Crippen molar-refractivity contribution < 1.29 is 22.7 Å². The Bertz CT molecular complexity index is 1480. The summed E-state index contributed by atoms with van der Waals surface area (Å²) in [6.07, 6.45) is 0. The Morgan fingerprint density at radius 2 is 1.53 bits per heavy atom. The summed E-state index contributed by atoms with van der Waals surface area (Å²) in [6.45, 7) is 1.81. The summed E-state index contributed by atoms with van der Waals surface area (Å²) in [5.74, 6) is 0.266. The first-order chi connectivity index (χ1) is 17.3. The van der Waals surface area contributed by atoms with Crippen LogP contribution in [0.15, 0.2) is 89.8 Å². The molecule has 1 N–H and O–H groups in total. The van der Waals surface area contributed by atoms with Crippen LogP contribution in [0.4, 0.5) is 5.69 Å². The van der Waals surface area contributed by atoms with Gasteiger partial charge in [-0.2, -0.15) is 0 Å². The quantitative estimate of drug-likeness (QED) is 0.358. The Kier molecular flexibility index (Phi) is 7.45. The molecule has 4 rings (SSSR count). The molecule has 36 heavy (non-hydrogen) atoms. The molecule has 0 aromatic heterocycles. The number of nitrogens with zero attached hydrogens (tertiary/aromatic N) is 1. The third-order valence-electron chi connectivity index (χ3n) is 5.86. The molecule has 7 nitrogen and oxygen atoms in total. The van der Waals surface area contributed by atoms with E-state index in [0.29, 0.717) is 11.4 Å². The van der Waals surface area contributed by atoms with Crippen LogP contribution in [0.3, 0.4) is 0 Å². The van der Waals surface area contributed by atoms with Gasteiger partial charge >= 0.3 is 0 Å². The number of fused-ring (bicyclic) bond motifs is 1. The van der Waals surface area contributed by atoms with Crippen LogP contribution < -0.4 is 19.1 Å². The molecular formula is C28H28N2O5S. The maximum Gasteiger partial charge on any atom is 0.264 e. The van der Waals surface area contributed by atoms with Crippen molar-refractivity contribution in [3.8, 4) is 11.5 Å². The number of hydrogen-bond acceptors (Lipinski definition) is 5. The fourth-order valence-corrected chi connectivity index (χ4v) is 5.30. The van der Waals surface area contributed by atoms with Crippen LogP contribution in [0, 0.1) is 6.92 Å². The normalized spacial score (nSPS) is 11.2. The van der Waals surface area contributed by atoms with Crippen molar-refractivity contribution in [2.24, 2.45) is 0 Å². The van der Waals surface area contributed by atoms with Gasteiger partial charge in [-0.15, -0.1) is 0 Å². The highest BCUT2D eigenvalue weighted by atomic mass is 32.2. The minimum absolute atomic E-state index is 0.0111. The molecule has 0 spiro atoms. The highest BCUT2D eigenvalue weighted by Gasteiger charge is 2.28. The van der Waals surface area contributed by atoms with Gasteiger partial charge < -0.3 is 14.8 Å². The largest absolute Gasteiger partial charge is 0.493 e. The van der Waals surface area contributed by atoms with E-state index in [1.807, 2.05) is 49.4 Å². The van der Waals surface area contributed by atoms with Gasteiger partial charge in [0, 0.05) is 12.6 Å². The Hall–Kier alpha value is -4.04. The van der Waals surface area contributed by atoms with Gasteiger partial charge in [0.2, 0.25) is 5.91 Å². The smallest absolute Gasteiger partial charge is 0.264 e. The number of benzene rings is 4. The number of sulfonamides is 1. The summed E-state index contributed by atoms with van der Waals surface area (Å²) in [4.78, 5) is 13.0. The number of aryl methyl sites for hydroxylation is 1. The fraction of sp³-hybridized carbons (Fsp3) is 0.179. The first kappa shape index (κ1) is 25.1.